The summed E-state index contributed by atoms with van der Waals surface area (Å²) in [6.07, 6.45) is 2.96. The first kappa shape index (κ1) is 15.1. The molecule has 0 aromatic heterocycles. The van der Waals surface area contributed by atoms with Gasteiger partial charge in [-0.15, -0.1) is 0 Å². The van der Waals surface area contributed by atoms with Crippen LogP contribution in [0.2, 0.25) is 10.0 Å². The second-order valence-corrected chi connectivity index (χ2v) is 6.81. The molecule has 1 aromatic carbocycles. The predicted molar refractivity (Wildman–Crippen MR) is 86.0 cm³/mol. The third-order valence-corrected chi connectivity index (χ3v) is 5.53. The molecule has 3 rings (SSSR count). The predicted octanol–water partition coefficient (Wildman–Crippen LogP) is 3.31. The molecule has 0 radical (unpaired) electrons. The van der Waals surface area contributed by atoms with Crippen LogP contribution in [0.5, 0.6) is 0 Å². The van der Waals surface area contributed by atoms with Crippen molar-refractivity contribution in [3.8, 4) is 0 Å². The maximum absolute atomic E-state index is 12.6. The highest BCUT2D eigenvalue weighted by Gasteiger charge is 2.47. The van der Waals surface area contributed by atoms with Gasteiger partial charge in [0.15, 0.2) is 0 Å². The van der Waals surface area contributed by atoms with Crippen LogP contribution in [0.3, 0.4) is 0 Å². The molecule has 0 bridgehead atoms. The Labute approximate surface area is 135 Å². The molecule has 2 aliphatic rings. The molecule has 1 N–H and O–H groups in total. The summed E-state index contributed by atoms with van der Waals surface area (Å²) in [7, 11) is 1.94. The molecule has 1 saturated heterocycles. The normalized spacial score (nSPS) is 25.7. The molecule has 0 spiro atoms. The monoisotopic (exact) mass is 326 g/mol. The maximum Gasteiger partial charge on any atom is 0.226 e. The molecule has 3 nitrogen and oxygen atoms in total. The summed E-state index contributed by atoms with van der Waals surface area (Å²) in [6.45, 7) is 1.99. The average molecular weight is 327 g/mol. The number of halogens is 2. The number of nitrogens with one attached hydrogen (secondary N) is 1. The van der Waals surface area contributed by atoms with Gasteiger partial charge in [-0.25, -0.2) is 0 Å². The van der Waals surface area contributed by atoms with Gasteiger partial charge in [0.2, 0.25) is 5.91 Å². The second kappa shape index (κ2) is 6.15. The van der Waals surface area contributed by atoms with Crippen molar-refractivity contribution in [2.45, 2.75) is 31.2 Å². The molecular weight excluding hydrogens is 307 g/mol. The minimum atomic E-state index is 0.0702. The first-order chi connectivity index (χ1) is 10.1. The molecule has 1 saturated carbocycles. The van der Waals surface area contributed by atoms with Crippen LogP contribution in [0, 0.1) is 5.92 Å². The fourth-order valence-corrected chi connectivity index (χ4v) is 3.70. The van der Waals surface area contributed by atoms with Gasteiger partial charge in [-0.1, -0.05) is 35.3 Å². The number of amides is 1. The third-order valence-electron chi connectivity index (χ3n) is 4.69. The Bertz CT molecular complexity index is 543. The zero-order valence-corrected chi connectivity index (χ0v) is 13.6. The summed E-state index contributed by atoms with van der Waals surface area (Å²) in [4.78, 5) is 14.6. The van der Waals surface area contributed by atoms with Gasteiger partial charge in [0.25, 0.3) is 0 Å². The molecule has 0 unspecified atom stereocenters. The molecule has 1 heterocycles. The number of carbonyl (C=O) groups is 1. The van der Waals surface area contributed by atoms with Crippen LogP contribution in [0.15, 0.2) is 18.2 Å². The van der Waals surface area contributed by atoms with Crippen molar-refractivity contribution < 1.29 is 4.79 Å². The van der Waals surface area contributed by atoms with Gasteiger partial charge < -0.3 is 10.2 Å². The van der Waals surface area contributed by atoms with Crippen LogP contribution in [0.4, 0.5) is 0 Å². The number of rotatable bonds is 3. The lowest BCUT2D eigenvalue weighted by atomic mass is 10.0. The van der Waals surface area contributed by atoms with E-state index in [4.69, 9.17) is 23.2 Å². The summed E-state index contributed by atoms with van der Waals surface area (Å²) in [5, 5.41) is 4.50. The van der Waals surface area contributed by atoms with Crippen LogP contribution in [0.1, 0.15) is 30.7 Å². The van der Waals surface area contributed by atoms with Crippen LogP contribution >= 0.6 is 23.2 Å². The molecular formula is C16H20Cl2N2O. The van der Waals surface area contributed by atoms with Gasteiger partial charge in [0.05, 0.1) is 10.0 Å². The lowest BCUT2D eigenvalue weighted by Gasteiger charge is -2.32. The van der Waals surface area contributed by atoms with Crippen molar-refractivity contribution in [3.05, 3.63) is 33.8 Å². The van der Waals surface area contributed by atoms with Crippen molar-refractivity contribution in [3.63, 3.8) is 0 Å². The summed E-state index contributed by atoms with van der Waals surface area (Å²) in [5.74, 6) is 0.552. The quantitative estimate of drug-likeness (QED) is 0.924. The molecule has 5 heteroatoms. The number of carbonyl (C=O) groups excluding carboxylic acids is 1. The van der Waals surface area contributed by atoms with Crippen LogP contribution < -0.4 is 5.32 Å². The van der Waals surface area contributed by atoms with E-state index in [1.165, 1.54) is 0 Å². The third kappa shape index (κ3) is 3.05. The first-order valence-electron chi connectivity index (χ1n) is 7.51. The number of benzene rings is 1. The second-order valence-electron chi connectivity index (χ2n) is 6.02. The average Bonchev–Trinajstić information content (AvgIpc) is 3.30. The Hall–Kier alpha value is -0.770. The van der Waals surface area contributed by atoms with Gasteiger partial charge in [0, 0.05) is 19.0 Å². The van der Waals surface area contributed by atoms with E-state index >= 15 is 0 Å². The highest BCUT2D eigenvalue weighted by Crippen LogP contribution is 2.51. The summed E-state index contributed by atoms with van der Waals surface area (Å²) in [6, 6.07) is 6.04. The largest absolute Gasteiger partial charge is 0.342 e. The molecule has 21 heavy (non-hydrogen) atoms. The van der Waals surface area contributed by atoms with Gasteiger partial charge >= 0.3 is 0 Å². The Kier molecular flexibility index (Phi) is 4.43. The van der Waals surface area contributed by atoms with Crippen molar-refractivity contribution in [2.24, 2.45) is 5.92 Å². The molecule has 1 aliphatic heterocycles. The van der Waals surface area contributed by atoms with E-state index < -0.39 is 0 Å². The van der Waals surface area contributed by atoms with Gasteiger partial charge in [-0.05, 0) is 49.9 Å². The van der Waals surface area contributed by atoms with E-state index in [2.05, 4.69) is 5.32 Å². The Balaban J connectivity index is 1.66. The molecule has 2 fully saturated rings. The van der Waals surface area contributed by atoms with Gasteiger partial charge in [0.1, 0.15) is 0 Å². The van der Waals surface area contributed by atoms with E-state index in [1.807, 2.05) is 24.1 Å². The molecule has 1 aromatic rings. The highest BCUT2D eigenvalue weighted by atomic mass is 35.5. The number of piperidine rings is 1. The first-order valence-corrected chi connectivity index (χ1v) is 8.26. The van der Waals surface area contributed by atoms with Gasteiger partial charge in [-0.3, -0.25) is 4.79 Å². The summed E-state index contributed by atoms with van der Waals surface area (Å²) < 4.78 is 0. The van der Waals surface area contributed by atoms with E-state index in [0.717, 1.165) is 37.9 Å². The maximum atomic E-state index is 12.6. The molecule has 1 amide bonds. The van der Waals surface area contributed by atoms with Crippen LogP contribution in [-0.4, -0.2) is 37.0 Å². The molecule has 2 atom stereocenters. The van der Waals surface area contributed by atoms with Crippen molar-refractivity contribution in [2.75, 3.05) is 20.1 Å². The minimum Gasteiger partial charge on any atom is -0.342 e. The number of hydrogen-bond donors (Lipinski definition) is 1. The number of hydrogen-bond acceptors (Lipinski definition) is 2. The lowest BCUT2D eigenvalue weighted by Crippen LogP contribution is -2.44. The van der Waals surface area contributed by atoms with Crippen LogP contribution in [0.25, 0.3) is 0 Å². The standard InChI is InChI=1S/C16H20Cl2N2O/c1-20(10-5-7-19-8-6-10)16(21)13-9-12(13)11-3-2-4-14(17)15(11)18/h2-4,10,12-13,19H,5-9H2,1H3/t12-,13-/m1/s1. The molecule has 114 valence electrons. The van der Waals surface area contributed by atoms with Gasteiger partial charge in [-0.2, -0.15) is 0 Å². The van der Waals surface area contributed by atoms with E-state index in [1.54, 1.807) is 6.07 Å². The lowest BCUT2D eigenvalue weighted by molar-refractivity contribution is -0.133. The topological polar surface area (TPSA) is 32.3 Å². The zero-order chi connectivity index (χ0) is 15.0. The SMILES string of the molecule is CN(C(=O)[C@@H]1C[C@@H]1c1cccc(Cl)c1Cl)C1CCNCC1. The highest BCUT2D eigenvalue weighted by molar-refractivity contribution is 6.42. The van der Waals surface area contributed by atoms with Crippen LogP contribution in [-0.2, 0) is 4.79 Å². The smallest absolute Gasteiger partial charge is 0.226 e. The summed E-state index contributed by atoms with van der Waals surface area (Å²) in [5.41, 5.74) is 1.02. The minimum absolute atomic E-state index is 0.0702. The zero-order valence-electron chi connectivity index (χ0n) is 12.1. The van der Waals surface area contributed by atoms with E-state index in [9.17, 15) is 4.79 Å². The van der Waals surface area contributed by atoms with E-state index in [-0.39, 0.29) is 17.7 Å². The fraction of sp³-hybridized carbons (Fsp3) is 0.562. The fourth-order valence-electron chi connectivity index (χ4n) is 3.25. The summed E-state index contributed by atoms with van der Waals surface area (Å²) >= 11 is 12.3. The van der Waals surface area contributed by atoms with Crippen molar-refractivity contribution in [1.29, 1.82) is 0 Å². The Morgan fingerprint density at radius 2 is 2.00 bits per heavy atom. The van der Waals surface area contributed by atoms with Crippen molar-refractivity contribution in [1.82, 2.24) is 10.2 Å². The Morgan fingerprint density at radius 1 is 1.29 bits per heavy atom. The Morgan fingerprint density at radius 3 is 2.71 bits per heavy atom. The molecule has 1 aliphatic carbocycles. The number of nitrogens with zero attached hydrogens (tertiary/aromatic N) is 1. The van der Waals surface area contributed by atoms with Crippen molar-refractivity contribution >= 4 is 29.1 Å². The van der Waals surface area contributed by atoms with E-state index in [0.29, 0.717) is 16.1 Å².